The molecule has 0 atom stereocenters. The zero-order chi connectivity index (χ0) is 18.1. The van der Waals surface area contributed by atoms with Gasteiger partial charge in [-0.05, 0) is 48.2 Å². The van der Waals surface area contributed by atoms with Gasteiger partial charge in [0.05, 0.1) is 9.79 Å². The van der Waals surface area contributed by atoms with E-state index in [2.05, 4.69) is 0 Å². The molecule has 0 heterocycles. The first-order valence-electron chi connectivity index (χ1n) is 6.79. The zero-order valence-electron chi connectivity index (χ0n) is 12.9. The van der Waals surface area contributed by atoms with Crippen LogP contribution in [0.1, 0.15) is 22.3 Å². The summed E-state index contributed by atoms with van der Waals surface area (Å²) in [7, 11) is -9.37. The van der Waals surface area contributed by atoms with Gasteiger partial charge < -0.3 is 9.11 Å². The Morgan fingerprint density at radius 3 is 1.33 bits per heavy atom. The van der Waals surface area contributed by atoms with Crippen molar-refractivity contribution in [1.29, 1.82) is 0 Å². The molecule has 0 saturated carbocycles. The summed E-state index contributed by atoms with van der Waals surface area (Å²) in [5, 5.41) is 0. The molecule has 0 aromatic heterocycles. The van der Waals surface area contributed by atoms with Gasteiger partial charge in [0.2, 0.25) is 0 Å². The molecule has 2 rings (SSSR count). The summed E-state index contributed by atoms with van der Waals surface area (Å²) in [4.78, 5) is -0.810. The van der Waals surface area contributed by atoms with Crippen LogP contribution in [0.5, 0.6) is 0 Å². The maximum absolute atomic E-state index is 11.4. The fourth-order valence-corrected chi connectivity index (χ4v) is 3.68. The third-order valence-electron chi connectivity index (χ3n) is 3.32. The van der Waals surface area contributed by atoms with Crippen LogP contribution in [0, 0.1) is 13.8 Å². The van der Waals surface area contributed by atoms with Gasteiger partial charge >= 0.3 is 0 Å². The maximum Gasteiger partial charge on any atom is 0.125 e. The molecule has 24 heavy (non-hydrogen) atoms. The summed E-state index contributed by atoms with van der Waals surface area (Å²) >= 11 is 0. The van der Waals surface area contributed by atoms with Crippen molar-refractivity contribution in [2.75, 3.05) is 0 Å². The van der Waals surface area contributed by atoms with Gasteiger partial charge in [-0.2, -0.15) is 0 Å². The molecule has 0 saturated heterocycles. The molecule has 0 unspecified atom stereocenters. The Kier molecular flexibility index (Phi) is 4.95. The maximum atomic E-state index is 11.4. The van der Waals surface area contributed by atoms with E-state index < -0.39 is 30.0 Å². The minimum Gasteiger partial charge on any atom is -0.744 e. The zero-order valence-corrected chi connectivity index (χ0v) is 14.5. The van der Waals surface area contributed by atoms with Crippen molar-refractivity contribution in [3.05, 3.63) is 58.7 Å². The Balaban J connectivity index is 2.59. The van der Waals surface area contributed by atoms with Crippen LogP contribution in [-0.2, 0) is 20.2 Å². The SMILES string of the molecule is Cc1ccc(C=Cc2ccc(C)cc2S(=O)(=O)[O-])c(S(=O)(=O)[O-])c1. The van der Waals surface area contributed by atoms with E-state index in [1.165, 1.54) is 36.4 Å². The molecule has 0 bridgehead atoms. The van der Waals surface area contributed by atoms with Gasteiger partial charge in [0, 0.05) is 0 Å². The Morgan fingerprint density at radius 2 is 1.04 bits per heavy atom. The molecule has 0 aliphatic carbocycles. The molecule has 0 amide bonds. The van der Waals surface area contributed by atoms with Crippen LogP contribution in [0.3, 0.4) is 0 Å². The molecule has 2 aromatic rings. The summed E-state index contributed by atoms with van der Waals surface area (Å²) in [5.74, 6) is 0. The van der Waals surface area contributed by atoms with Crippen molar-refractivity contribution in [3.63, 3.8) is 0 Å². The second-order valence-corrected chi connectivity index (χ2v) is 8.02. The Hall–Kier alpha value is -2.00. The number of benzene rings is 2. The van der Waals surface area contributed by atoms with Crippen LogP contribution in [0.2, 0.25) is 0 Å². The summed E-state index contributed by atoms with van der Waals surface area (Å²) in [6.07, 6.45) is 2.59. The molecule has 0 fully saturated rings. The van der Waals surface area contributed by atoms with E-state index in [1.54, 1.807) is 26.0 Å². The van der Waals surface area contributed by atoms with E-state index in [9.17, 15) is 25.9 Å². The Morgan fingerprint density at radius 1 is 0.708 bits per heavy atom. The number of rotatable bonds is 4. The van der Waals surface area contributed by atoms with E-state index in [4.69, 9.17) is 0 Å². The lowest BCUT2D eigenvalue weighted by atomic mass is 10.1. The summed E-state index contributed by atoms with van der Waals surface area (Å²) in [6.45, 7) is 3.29. The highest BCUT2D eigenvalue weighted by atomic mass is 32.2. The Bertz CT molecular complexity index is 935. The van der Waals surface area contributed by atoms with Gasteiger partial charge in [-0.3, -0.25) is 0 Å². The van der Waals surface area contributed by atoms with E-state index in [-0.39, 0.29) is 11.1 Å². The van der Waals surface area contributed by atoms with Crippen LogP contribution < -0.4 is 0 Å². The lowest BCUT2D eigenvalue weighted by molar-refractivity contribution is 0.460. The lowest BCUT2D eigenvalue weighted by Crippen LogP contribution is -2.02. The van der Waals surface area contributed by atoms with Crippen molar-refractivity contribution in [3.8, 4) is 0 Å². The average molecular weight is 366 g/mol. The summed E-state index contributed by atoms with van der Waals surface area (Å²) in [6, 6.07) is 8.60. The molecule has 0 aliphatic heterocycles. The van der Waals surface area contributed by atoms with Crippen LogP contribution in [0.15, 0.2) is 46.2 Å². The standard InChI is InChI=1S/C16H16O6S2/c1-11-3-5-13(15(9-11)23(17,18)19)7-8-14-6-4-12(2)10-16(14)24(20,21)22/h3-10H,1-2H3,(H,17,18,19)(H,20,21,22)/p-2. The van der Waals surface area contributed by atoms with Crippen molar-refractivity contribution in [1.82, 2.24) is 0 Å². The fraction of sp³-hybridized carbons (Fsp3) is 0.125. The van der Waals surface area contributed by atoms with Crippen LogP contribution in [0.4, 0.5) is 0 Å². The highest BCUT2D eigenvalue weighted by Crippen LogP contribution is 2.23. The van der Waals surface area contributed by atoms with Gasteiger partial charge in [0.1, 0.15) is 20.2 Å². The second-order valence-electron chi connectivity index (χ2n) is 5.32. The van der Waals surface area contributed by atoms with Crippen LogP contribution in [0.25, 0.3) is 12.2 Å². The monoisotopic (exact) mass is 366 g/mol. The van der Waals surface area contributed by atoms with Gasteiger partial charge in [-0.1, -0.05) is 36.4 Å². The van der Waals surface area contributed by atoms with Gasteiger partial charge in [-0.15, -0.1) is 0 Å². The number of hydrogen-bond donors (Lipinski definition) is 0. The van der Waals surface area contributed by atoms with Crippen molar-refractivity contribution < 1.29 is 25.9 Å². The molecule has 2 aromatic carbocycles. The van der Waals surface area contributed by atoms with E-state index in [0.717, 1.165) is 0 Å². The topological polar surface area (TPSA) is 114 Å². The molecule has 128 valence electrons. The largest absolute Gasteiger partial charge is 0.744 e. The quantitative estimate of drug-likeness (QED) is 0.606. The van der Waals surface area contributed by atoms with Gasteiger partial charge in [0.25, 0.3) is 0 Å². The van der Waals surface area contributed by atoms with E-state index >= 15 is 0 Å². The minimum absolute atomic E-state index is 0.116. The molecule has 0 radical (unpaired) electrons. The van der Waals surface area contributed by atoms with E-state index in [0.29, 0.717) is 11.1 Å². The van der Waals surface area contributed by atoms with Crippen LogP contribution >= 0.6 is 0 Å². The van der Waals surface area contributed by atoms with E-state index in [1.807, 2.05) is 0 Å². The first-order valence-corrected chi connectivity index (χ1v) is 9.61. The van der Waals surface area contributed by atoms with Crippen LogP contribution in [-0.4, -0.2) is 25.9 Å². The van der Waals surface area contributed by atoms with Crippen molar-refractivity contribution in [2.24, 2.45) is 0 Å². The average Bonchev–Trinajstić information content (AvgIpc) is 2.45. The van der Waals surface area contributed by atoms with Gasteiger partial charge in [-0.25, -0.2) is 16.8 Å². The summed E-state index contributed by atoms with van der Waals surface area (Å²) in [5.41, 5.74) is 1.43. The predicted molar refractivity (Wildman–Crippen MR) is 87.2 cm³/mol. The normalized spacial score (nSPS) is 12.7. The summed E-state index contributed by atoms with van der Waals surface area (Å²) < 4.78 is 68.1. The molecular formula is C16H14O6S2-2. The second kappa shape index (κ2) is 6.48. The molecule has 0 N–H and O–H groups in total. The highest BCUT2D eigenvalue weighted by molar-refractivity contribution is 7.86. The smallest absolute Gasteiger partial charge is 0.125 e. The minimum atomic E-state index is -4.69. The van der Waals surface area contributed by atoms with Crippen molar-refractivity contribution >= 4 is 32.4 Å². The lowest BCUT2D eigenvalue weighted by Gasteiger charge is -2.13. The molecule has 0 spiro atoms. The van der Waals surface area contributed by atoms with Gasteiger partial charge in [0.15, 0.2) is 0 Å². The molecule has 6 nitrogen and oxygen atoms in total. The third-order valence-corrected chi connectivity index (χ3v) is 5.10. The third kappa shape index (κ3) is 4.30. The number of hydrogen-bond acceptors (Lipinski definition) is 6. The molecule has 0 aliphatic rings. The molecule has 8 heteroatoms. The first-order chi connectivity index (χ1) is 11.0. The fourth-order valence-electron chi connectivity index (χ4n) is 2.17. The number of aryl methyl sites for hydroxylation is 2. The van der Waals surface area contributed by atoms with Crippen molar-refractivity contribution in [2.45, 2.75) is 23.6 Å². The highest BCUT2D eigenvalue weighted by Gasteiger charge is 2.09. The Labute approximate surface area is 141 Å². The predicted octanol–water partition coefficient (Wildman–Crippen LogP) is 2.28. The first kappa shape index (κ1) is 18.3. The molecular weight excluding hydrogens is 352 g/mol.